The molecule has 0 aliphatic heterocycles. The summed E-state index contributed by atoms with van der Waals surface area (Å²) in [7, 11) is 0. The van der Waals surface area contributed by atoms with Crippen molar-refractivity contribution < 1.29 is 9.59 Å². The first-order valence-corrected chi connectivity index (χ1v) is 8.05. The van der Waals surface area contributed by atoms with Crippen molar-refractivity contribution in [1.29, 1.82) is 0 Å². The summed E-state index contributed by atoms with van der Waals surface area (Å²) in [5, 5.41) is 5.96. The molecule has 2 fully saturated rings. The highest BCUT2D eigenvalue weighted by Crippen LogP contribution is 2.47. The van der Waals surface area contributed by atoms with E-state index in [4.69, 9.17) is 0 Å². The first-order valence-electron chi connectivity index (χ1n) is 8.05. The van der Waals surface area contributed by atoms with Gasteiger partial charge in [0.1, 0.15) is 5.41 Å². The zero-order valence-electron chi connectivity index (χ0n) is 13.5. The van der Waals surface area contributed by atoms with Crippen LogP contribution in [-0.2, 0) is 15.0 Å². The van der Waals surface area contributed by atoms with Gasteiger partial charge < -0.3 is 10.6 Å². The molecule has 0 aromatic heterocycles. The third-order valence-electron chi connectivity index (χ3n) is 4.52. The third-order valence-corrected chi connectivity index (χ3v) is 4.52. The lowest BCUT2D eigenvalue weighted by molar-refractivity contribution is -0.134. The molecule has 0 atom stereocenters. The van der Waals surface area contributed by atoms with Crippen molar-refractivity contribution >= 4 is 17.5 Å². The molecule has 2 N–H and O–H groups in total. The molecule has 2 saturated carbocycles. The topological polar surface area (TPSA) is 58.2 Å². The molecular weight excluding hydrogens is 276 g/mol. The number of anilines is 1. The monoisotopic (exact) mass is 300 g/mol. The largest absolute Gasteiger partial charge is 0.352 e. The predicted octanol–water partition coefficient (Wildman–Crippen LogP) is 2.98. The van der Waals surface area contributed by atoms with Crippen LogP contribution < -0.4 is 10.6 Å². The lowest BCUT2D eigenvalue weighted by Crippen LogP contribution is -2.41. The number of amides is 2. The standard InChI is InChI=1S/C18H24N2O2/c1-17(2,3)13-6-4-5-7-14(13)20-16(22)18(10-11-18)15(21)19-12-8-9-12/h4-7,12H,8-11H2,1-3H3,(H,19,21)(H,20,22). The molecule has 0 heterocycles. The van der Waals surface area contributed by atoms with Crippen LogP contribution in [0, 0.1) is 5.41 Å². The second kappa shape index (κ2) is 5.11. The molecule has 4 heteroatoms. The Morgan fingerprint density at radius 2 is 1.73 bits per heavy atom. The van der Waals surface area contributed by atoms with E-state index in [2.05, 4.69) is 31.4 Å². The Kier molecular flexibility index (Phi) is 3.50. The fourth-order valence-corrected chi connectivity index (χ4v) is 2.72. The van der Waals surface area contributed by atoms with Gasteiger partial charge in [-0.05, 0) is 42.7 Å². The molecule has 2 aliphatic rings. The number of para-hydroxylation sites is 1. The van der Waals surface area contributed by atoms with Crippen LogP contribution in [0.3, 0.4) is 0 Å². The van der Waals surface area contributed by atoms with Crippen LogP contribution in [0.15, 0.2) is 24.3 Å². The maximum Gasteiger partial charge on any atom is 0.240 e. The first kappa shape index (κ1) is 15.1. The van der Waals surface area contributed by atoms with Gasteiger partial charge in [-0.3, -0.25) is 9.59 Å². The van der Waals surface area contributed by atoms with Crippen molar-refractivity contribution in [2.24, 2.45) is 5.41 Å². The van der Waals surface area contributed by atoms with Crippen molar-refractivity contribution in [3.05, 3.63) is 29.8 Å². The van der Waals surface area contributed by atoms with Gasteiger partial charge in [-0.1, -0.05) is 39.0 Å². The minimum Gasteiger partial charge on any atom is -0.352 e. The van der Waals surface area contributed by atoms with Crippen molar-refractivity contribution in [1.82, 2.24) is 5.32 Å². The van der Waals surface area contributed by atoms with Gasteiger partial charge in [-0.15, -0.1) is 0 Å². The Hall–Kier alpha value is -1.84. The van der Waals surface area contributed by atoms with Crippen LogP contribution in [-0.4, -0.2) is 17.9 Å². The SMILES string of the molecule is CC(C)(C)c1ccccc1NC(=O)C1(C(=O)NC2CC2)CC1. The fraction of sp³-hybridized carbons (Fsp3) is 0.556. The number of carbonyl (C=O) groups is 2. The normalized spacial score (nSPS) is 19.4. The van der Waals surface area contributed by atoms with E-state index in [1.165, 1.54) is 0 Å². The molecular formula is C18H24N2O2. The van der Waals surface area contributed by atoms with Gasteiger partial charge in [0.05, 0.1) is 0 Å². The zero-order chi connectivity index (χ0) is 16.0. The Labute approximate surface area is 131 Å². The molecule has 1 aromatic carbocycles. The van der Waals surface area contributed by atoms with Gasteiger partial charge in [0.2, 0.25) is 11.8 Å². The smallest absolute Gasteiger partial charge is 0.240 e. The van der Waals surface area contributed by atoms with Crippen molar-refractivity contribution in [3.63, 3.8) is 0 Å². The quantitative estimate of drug-likeness (QED) is 0.840. The molecule has 0 bridgehead atoms. The van der Waals surface area contributed by atoms with E-state index >= 15 is 0 Å². The van der Waals surface area contributed by atoms with E-state index in [1.807, 2.05) is 24.3 Å². The zero-order valence-corrected chi connectivity index (χ0v) is 13.5. The minimum absolute atomic E-state index is 0.0587. The van der Waals surface area contributed by atoms with Gasteiger partial charge in [0.15, 0.2) is 0 Å². The van der Waals surface area contributed by atoms with E-state index in [-0.39, 0.29) is 17.2 Å². The molecule has 0 unspecified atom stereocenters. The third kappa shape index (κ3) is 2.87. The number of carbonyl (C=O) groups excluding carboxylic acids is 2. The van der Waals surface area contributed by atoms with Crippen LogP contribution >= 0.6 is 0 Å². The van der Waals surface area contributed by atoms with Crippen LogP contribution in [0.5, 0.6) is 0 Å². The van der Waals surface area contributed by atoms with Gasteiger partial charge in [0, 0.05) is 11.7 Å². The average molecular weight is 300 g/mol. The Balaban J connectivity index is 1.76. The number of rotatable bonds is 4. The second-order valence-corrected chi connectivity index (χ2v) is 7.58. The first-order chi connectivity index (χ1) is 10.3. The van der Waals surface area contributed by atoms with Gasteiger partial charge >= 0.3 is 0 Å². The maximum atomic E-state index is 12.6. The van der Waals surface area contributed by atoms with E-state index in [1.54, 1.807) is 0 Å². The molecule has 0 radical (unpaired) electrons. The van der Waals surface area contributed by atoms with E-state index in [0.717, 1.165) is 24.1 Å². The molecule has 22 heavy (non-hydrogen) atoms. The van der Waals surface area contributed by atoms with Crippen LogP contribution in [0.1, 0.15) is 52.0 Å². The molecule has 0 spiro atoms. The minimum atomic E-state index is -0.840. The molecule has 3 rings (SSSR count). The molecule has 1 aromatic rings. The molecule has 2 aliphatic carbocycles. The summed E-state index contributed by atoms with van der Waals surface area (Å²) < 4.78 is 0. The molecule has 118 valence electrons. The van der Waals surface area contributed by atoms with Crippen LogP contribution in [0.4, 0.5) is 5.69 Å². The summed E-state index contributed by atoms with van der Waals surface area (Å²) >= 11 is 0. The number of hydrogen-bond acceptors (Lipinski definition) is 2. The van der Waals surface area contributed by atoms with E-state index < -0.39 is 5.41 Å². The average Bonchev–Trinajstić information content (AvgIpc) is 3.32. The Morgan fingerprint density at radius 1 is 1.09 bits per heavy atom. The number of hydrogen-bond donors (Lipinski definition) is 2. The summed E-state index contributed by atoms with van der Waals surface area (Å²) in [6, 6.07) is 8.12. The Morgan fingerprint density at radius 3 is 2.27 bits per heavy atom. The number of benzene rings is 1. The summed E-state index contributed by atoms with van der Waals surface area (Å²) in [6.07, 6.45) is 3.37. The lowest BCUT2D eigenvalue weighted by Gasteiger charge is -2.24. The summed E-state index contributed by atoms with van der Waals surface area (Å²) in [5.41, 5.74) is 0.997. The molecule has 4 nitrogen and oxygen atoms in total. The lowest BCUT2D eigenvalue weighted by atomic mass is 9.85. The highest BCUT2D eigenvalue weighted by molar-refractivity contribution is 6.13. The Bertz CT molecular complexity index is 608. The summed E-state index contributed by atoms with van der Waals surface area (Å²) in [6.45, 7) is 6.35. The molecule has 0 saturated heterocycles. The number of nitrogens with one attached hydrogen (secondary N) is 2. The summed E-state index contributed by atoms with van der Waals surface area (Å²) in [5.74, 6) is -0.261. The van der Waals surface area contributed by atoms with Gasteiger partial charge in [-0.25, -0.2) is 0 Å². The van der Waals surface area contributed by atoms with E-state index in [0.29, 0.717) is 18.9 Å². The highest BCUT2D eigenvalue weighted by Gasteiger charge is 2.57. The fourth-order valence-electron chi connectivity index (χ4n) is 2.72. The second-order valence-electron chi connectivity index (χ2n) is 7.58. The van der Waals surface area contributed by atoms with Crippen LogP contribution in [0.25, 0.3) is 0 Å². The van der Waals surface area contributed by atoms with Gasteiger partial charge in [-0.2, -0.15) is 0 Å². The maximum absolute atomic E-state index is 12.6. The van der Waals surface area contributed by atoms with Crippen molar-refractivity contribution in [2.75, 3.05) is 5.32 Å². The van der Waals surface area contributed by atoms with Crippen molar-refractivity contribution in [2.45, 2.75) is 57.9 Å². The highest BCUT2D eigenvalue weighted by atomic mass is 16.2. The van der Waals surface area contributed by atoms with Gasteiger partial charge in [0.25, 0.3) is 0 Å². The molecule has 2 amide bonds. The summed E-state index contributed by atoms with van der Waals surface area (Å²) in [4.78, 5) is 25.0. The van der Waals surface area contributed by atoms with E-state index in [9.17, 15) is 9.59 Å². The van der Waals surface area contributed by atoms with Crippen molar-refractivity contribution in [3.8, 4) is 0 Å². The predicted molar refractivity (Wildman–Crippen MR) is 86.6 cm³/mol. The van der Waals surface area contributed by atoms with Crippen LogP contribution in [0.2, 0.25) is 0 Å².